The monoisotopic (exact) mass is 206 g/mol. The summed E-state index contributed by atoms with van der Waals surface area (Å²) in [6, 6.07) is 8.63. The van der Waals surface area contributed by atoms with Crippen molar-refractivity contribution in [2.45, 2.75) is 20.0 Å². The topological polar surface area (TPSA) is 43.4 Å². The fraction of sp³-hybridized carbons (Fsp3) is 0.333. The van der Waals surface area contributed by atoms with Crippen LogP contribution < -0.4 is 0 Å². The summed E-state index contributed by atoms with van der Waals surface area (Å²) in [4.78, 5) is 22.2. The van der Waals surface area contributed by atoms with E-state index in [4.69, 9.17) is 4.74 Å². The molecule has 0 bridgehead atoms. The third-order valence-corrected chi connectivity index (χ3v) is 2.04. The molecule has 1 aromatic carbocycles. The van der Waals surface area contributed by atoms with Crippen molar-refractivity contribution in [3.8, 4) is 0 Å². The molecule has 15 heavy (non-hydrogen) atoms. The van der Waals surface area contributed by atoms with Crippen molar-refractivity contribution < 1.29 is 14.3 Å². The lowest BCUT2D eigenvalue weighted by Gasteiger charge is -2.15. The molecule has 0 radical (unpaired) electrons. The van der Waals surface area contributed by atoms with Crippen LogP contribution in [0.2, 0.25) is 0 Å². The van der Waals surface area contributed by atoms with Crippen LogP contribution in [-0.2, 0) is 9.53 Å². The number of aldehydes is 1. The fourth-order valence-corrected chi connectivity index (χ4v) is 1.09. The summed E-state index contributed by atoms with van der Waals surface area (Å²) in [5.41, 5.74) is 0.463. The third-order valence-electron chi connectivity index (χ3n) is 2.04. The van der Waals surface area contributed by atoms with Crippen LogP contribution >= 0.6 is 0 Å². The summed E-state index contributed by atoms with van der Waals surface area (Å²) in [5.74, 6) is -0.462. The Hall–Kier alpha value is -1.64. The van der Waals surface area contributed by atoms with Crippen molar-refractivity contribution in [1.82, 2.24) is 0 Å². The van der Waals surface area contributed by atoms with Crippen molar-refractivity contribution in [2.24, 2.45) is 5.92 Å². The van der Waals surface area contributed by atoms with Crippen LogP contribution in [0.5, 0.6) is 0 Å². The largest absolute Gasteiger partial charge is 0.451 e. The molecule has 0 aliphatic rings. The van der Waals surface area contributed by atoms with E-state index in [2.05, 4.69) is 0 Å². The molecule has 0 saturated carbocycles. The average Bonchev–Trinajstić information content (AvgIpc) is 2.26. The molecule has 0 aliphatic heterocycles. The number of carbonyl (C=O) groups is 2. The molecule has 1 aromatic rings. The van der Waals surface area contributed by atoms with Crippen molar-refractivity contribution in [3.05, 3.63) is 35.9 Å². The van der Waals surface area contributed by atoms with E-state index >= 15 is 0 Å². The van der Waals surface area contributed by atoms with Gasteiger partial charge in [-0.3, -0.25) is 4.79 Å². The molecule has 0 amide bonds. The Morgan fingerprint density at radius 2 is 1.87 bits per heavy atom. The summed E-state index contributed by atoms with van der Waals surface area (Å²) in [6.07, 6.45) is -0.0105. The zero-order valence-electron chi connectivity index (χ0n) is 8.84. The van der Waals surface area contributed by atoms with Gasteiger partial charge in [0.05, 0.1) is 5.56 Å². The molecule has 0 aromatic heterocycles. The Balaban J connectivity index is 2.67. The van der Waals surface area contributed by atoms with Gasteiger partial charge in [0.25, 0.3) is 0 Å². The summed E-state index contributed by atoms with van der Waals surface area (Å²) < 4.78 is 5.04. The number of ether oxygens (including phenoxy) is 1. The van der Waals surface area contributed by atoms with E-state index in [0.717, 1.165) is 0 Å². The fourth-order valence-electron chi connectivity index (χ4n) is 1.09. The molecule has 0 N–H and O–H groups in total. The zero-order valence-corrected chi connectivity index (χ0v) is 8.84. The lowest BCUT2D eigenvalue weighted by atomic mass is 10.1. The number of carbonyl (C=O) groups excluding carboxylic acids is 2. The van der Waals surface area contributed by atoms with Gasteiger partial charge in [0, 0.05) is 0 Å². The second-order valence-electron chi connectivity index (χ2n) is 3.62. The summed E-state index contributed by atoms with van der Waals surface area (Å²) >= 11 is 0. The Morgan fingerprint density at radius 1 is 1.27 bits per heavy atom. The van der Waals surface area contributed by atoms with Gasteiger partial charge in [0.15, 0.2) is 12.4 Å². The van der Waals surface area contributed by atoms with Crippen molar-refractivity contribution in [1.29, 1.82) is 0 Å². The quantitative estimate of drug-likeness (QED) is 0.559. The molecule has 80 valence electrons. The molecule has 0 fully saturated rings. The van der Waals surface area contributed by atoms with Crippen molar-refractivity contribution in [3.63, 3.8) is 0 Å². The third kappa shape index (κ3) is 3.20. The Kier molecular flexibility index (Phi) is 4.03. The average molecular weight is 206 g/mol. The van der Waals surface area contributed by atoms with Gasteiger partial charge >= 0.3 is 5.97 Å². The Bertz CT molecular complexity index is 330. The standard InChI is InChI=1S/C12H14O3/c1-9(2)11(8-13)15-12(14)10-6-4-3-5-7-10/h3-9,11H,1-2H3/t11-/m1/s1. The maximum atomic E-state index is 11.5. The molecule has 0 heterocycles. The Morgan fingerprint density at radius 3 is 2.33 bits per heavy atom. The Labute approximate surface area is 89.1 Å². The van der Waals surface area contributed by atoms with E-state index in [0.29, 0.717) is 11.8 Å². The van der Waals surface area contributed by atoms with Gasteiger partial charge in [-0.1, -0.05) is 32.0 Å². The predicted molar refractivity (Wildman–Crippen MR) is 56.5 cm³/mol. The van der Waals surface area contributed by atoms with E-state index < -0.39 is 12.1 Å². The maximum absolute atomic E-state index is 11.5. The molecule has 3 heteroatoms. The molecule has 3 nitrogen and oxygen atoms in total. The normalized spacial score (nSPS) is 12.2. The number of benzene rings is 1. The molecule has 0 saturated heterocycles. The van der Waals surface area contributed by atoms with Crippen LogP contribution in [-0.4, -0.2) is 18.4 Å². The minimum atomic E-state index is -0.669. The second-order valence-corrected chi connectivity index (χ2v) is 3.62. The van der Waals surface area contributed by atoms with Gasteiger partial charge in [-0.2, -0.15) is 0 Å². The zero-order chi connectivity index (χ0) is 11.3. The van der Waals surface area contributed by atoms with E-state index in [9.17, 15) is 9.59 Å². The first-order valence-corrected chi connectivity index (χ1v) is 4.86. The van der Waals surface area contributed by atoms with E-state index in [1.165, 1.54) is 0 Å². The summed E-state index contributed by atoms with van der Waals surface area (Å²) in [6.45, 7) is 3.66. The highest BCUT2D eigenvalue weighted by Crippen LogP contribution is 2.08. The lowest BCUT2D eigenvalue weighted by Crippen LogP contribution is -2.24. The smallest absolute Gasteiger partial charge is 0.338 e. The predicted octanol–water partition coefficient (Wildman–Crippen LogP) is 2.07. The minimum Gasteiger partial charge on any atom is -0.451 e. The van der Waals surface area contributed by atoms with Crippen LogP contribution in [0, 0.1) is 5.92 Å². The number of esters is 1. The highest BCUT2D eigenvalue weighted by atomic mass is 16.5. The van der Waals surface area contributed by atoms with Crippen molar-refractivity contribution in [2.75, 3.05) is 0 Å². The molecule has 1 rings (SSSR count). The lowest BCUT2D eigenvalue weighted by molar-refractivity contribution is -0.117. The SMILES string of the molecule is CC(C)[C@@H](C=O)OC(=O)c1ccccc1. The number of hydrogen-bond acceptors (Lipinski definition) is 3. The van der Waals surface area contributed by atoms with E-state index in [1.54, 1.807) is 24.3 Å². The second kappa shape index (κ2) is 5.29. The maximum Gasteiger partial charge on any atom is 0.338 e. The van der Waals surface area contributed by atoms with Crippen LogP contribution in [0.1, 0.15) is 24.2 Å². The van der Waals surface area contributed by atoms with Crippen LogP contribution in [0.15, 0.2) is 30.3 Å². The molecule has 0 spiro atoms. The van der Waals surface area contributed by atoms with E-state index in [1.807, 2.05) is 19.9 Å². The van der Waals surface area contributed by atoms with Gasteiger partial charge in [-0.25, -0.2) is 4.79 Å². The van der Waals surface area contributed by atoms with Gasteiger partial charge in [-0.15, -0.1) is 0 Å². The highest BCUT2D eigenvalue weighted by molar-refractivity contribution is 5.90. The van der Waals surface area contributed by atoms with Crippen LogP contribution in [0.25, 0.3) is 0 Å². The molecular formula is C12H14O3. The van der Waals surface area contributed by atoms with Gasteiger partial charge in [-0.05, 0) is 18.1 Å². The minimum absolute atomic E-state index is 0.00448. The molecular weight excluding hydrogens is 192 g/mol. The summed E-state index contributed by atoms with van der Waals surface area (Å²) in [7, 11) is 0. The first-order valence-electron chi connectivity index (χ1n) is 4.86. The summed E-state index contributed by atoms with van der Waals surface area (Å²) in [5, 5.41) is 0. The van der Waals surface area contributed by atoms with Gasteiger partial charge in [0.1, 0.15) is 0 Å². The first-order chi connectivity index (χ1) is 7.15. The first kappa shape index (κ1) is 11.4. The van der Waals surface area contributed by atoms with Crippen LogP contribution in [0.3, 0.4) is 0 Å². The van der Waals surface area contributed by atoms with Gasteiger partial charge in [0.2, 0.25) is 0 Å². The van der Waals surface area contributed by atoms with Gasteiger partial charge < -0.3 is 4.74 Å². The number of hydrogen-bond donors (Lipinski definition) is 0. The molecule has 0 unspecified atom stereocenters. The molecule has 1 atom stereocenters. The number of rotatable bonds is 4. The molecule has 0 aliphatic carbocycles. The highest BCUT2D eigenvalue weighted by Gasteiger charge is 2.17. The van der Waals surface area contributed by atoms with Crippen molar-refractivity contribution >= 4 is 12.3 Å². The van der Waals surface area contributed by atoms with Crippen LogP contribution in [0.4, 0.5) is 0 Å². The van der Waals surface area contributed by atoms with E-state index in [-0.39, 0.29) is 5.92 Å².